The van der Waals surface area contributed by atoms with E-state index in [0.717, 1.165) is 20.8 Å². The van der Waals surface area contributed by atoms with Crippen LogP contribution < -0.4 is 10.6 Å². The lowest BCUT2D eigenvalue weighted by atomic mass is 10.2. The van der Waals surface area contributed by atoms with Crippen LogP contribution in [0.15, 0.2) is 48.5 Å². The quantitative estimate of drug-likeness (QED) is 0.679. The van der Waals surface area contributed by atoms with Crippen molar-refractivity contribution in [2.45, 2.75) is 0 Å². The molecular weight excluding hydrogens is 348 g/mol. The highest BCUT2D eigenvalue weighted by Crippen LogP contribution is 2.30. The Balaban J connectivity index is 1.62. The SMILES string of the molecule is CN(C)CCNC(=O)C(=O)Nc1ccc(-c2nc3ccccc3s2)cc1. The van der Waals surface area contributed by atoms with Gasteiger partial charge in [0, 0.05) is 24.3 Å². The summed E-state index contributed by atoms with van der Waals surface area (Å²) < 4.78 is 1.13. The summed E-state index contributed by atoms with van der Waals surface area (Å²) in [5.41, 5.74) is 2.52. The molecule has 0 radical (unpaired) electrons. The first-order valence-electron chi connectivity index (χ1n) is 8.23. The second kappa shape index (κ2) is 8.07. The van der Waals surface area contributed by atoms with Crippen LogP contribution in [-0.2, 0) is 9.59 Å². The zero-order valence-corrected chi connectivity index (χ0v) is 15.5. The summed E-state index contributed by atoms with van der Waals surface area (Å²) in [6.45, 7) is 1.10. The standard InChI is InChI=1S/C19H20N4O2S/c1-23(2)12-11-20-17(24)18(25)21-14-9-7-13(8-10-14)19-22-15-5-3-4-6-16(15)26-19/h3-10H,11-12H2,1-2H3,(H,20,24)(H,21,25). The largest absolute Gasteiger partial charge is 0.347 e. The number of likely N-dealkylation sites (N-methyl/N-ethyl adjacent to an activating group) is 1. The maximum Gasteiger partial charge on any atom is 0.313 e. The van der Waals surface area contributed by atoms with Crippen molar-refractivity contribution in [2.75, 3.05) is 32.5 Å². The molecule has 2 aromatic carbocycles. The number of nitrogens with one attached hydrogen (secondary N) is 2. The minimum atomic E-state index is -0.670. The number of amides is 2. The number of hydrogen-bond acceptors (Lipinski definition) is 5. The molecule has 3 aromatic rings. The van der Waals surface area contributed by atoms with Crippen molar-refractivity contribution in [1.82, 2.24) is 15.2 Å². The Morgan fingerprint density at radius 2 is 1.77 bits per heavy atom. The molecule has 0 unspecified atom stereocenters. The average molecular weight is 368 g/mol. The normalized spacial score (nSPS) is 10.9. The van der Waals surface area contributed by atoms with Crippen LogP contribution in [0.3, 0.4) is 0 Å². The Hall–Kier alpha value is -2.77. The number of para-hydroxylation sites is 1. The number of fused-ring (bicyclic) bond motifs is 1. The van der Waals surface area contributed by atoms with E-state index in [1.165, 1.54) is 0 Å². The highest BCUT2D eigenvalue weighted by molar-refractivity contribution is 7.21. The van der Waals surface area contributed by atoms with E-state index in [-0.39, 0.29) is 0 Å². The summed E-state index contributed by atoms with van der Waals surface area (Å²) in [5, 5.41) is 6.11. The number of anilines is 1. The number of benzene rings is 2. The topological polar surface area (TPSA) is 74.3 Å². The number of thiazole rings is 1. The molecule has 0 bridgehead atoms. The Labute approximate surface area is 155 Å². The minimum absolute atomic E-state index is 0.426. The summed E-state index contributed by atoms with van der Waals surface area (Å²) in [5.74, 6) is -1.31. The van der Waals surface area contributed by atoms with Crippen LogP contribution in [0.4, 0.5) is 5.69 Å². The third-order valence-corrected chi connectivity index (χ3v) is 4.82. The number of carbonyl (C=O) groups excluding carboxylic acids is 2. The molecule has 0 fully saturated rings. The van der Waals surface area contributed by atoms with Gasteiger partial charge in [-0.1, -0.05) is 12.1 Å². The molecule has 7 heteroatoms. The highest BCUT2D eigenvalue weighted by Gasteiger charge is 2.13. The Kier molecular flexibility index (Phi) is 5.60. The zero-order valence-electron chi connectivity index (χ0n) is 14.7. The second-order valence-electron chi connectivity index (χ2n) is 6.08. The smallest absolute Gasteiger partial charge is 0.313 e. The number of nitrogens with zero attached hydrogens (tertiary/aromatic N) is 2. The zero-order chi connectivity index (χ0) is 18.5. The summed E-state index contributed by atoms with van der Waals surface area (Å²) in [7, 11) is 3.80. The first-order chi connectivity index (χ1) is 12.5. The maximum absolute atomic E-state index is 11.9. The molecule has 0 saturated carbocycles. The molecule has 0 aliphatic rings. The van der Waals surface area contributed by atoms with Crippen LogP contribution in [0.25, 0.3) is 20.8 Å². The molecule has 1 heterocycles. The predicted octanol–water partition coefficient (Wildman–Crippen LogP) is 2.58. The number of rotatable bonds is 5. The van der Waals surface area contributed by atoms with E-state index in [9.17, 15) is 9.59 Å². The maximum atomic E-state index is 11.9. The van der Waals surface area contributed by atoms with Crippen molar-refractivity contribution in [3.8, 4) is 10.6 Å². The fourth-order valence-corrected chi connectivity index (χ4v) is 3.32. The van der Waals surface area contributed by atoms with Gasteiger partial charge in [0.05, 0.1) is 10.2 Å². The van der Waals surface area contributed by atoms with E-state index in [0.29, 0.717) is 18.8 Å². The molecule has 6 nitrogen and oxygen atoms in total. The highest BCUT2D eigenvalue weighted by atomic mass is 32.1. The number of carbonyl (C=O) groups is 2. The number of hydrogen-bond donors (Lipinski definition) is 2. The van der Waals surface area contributed by atoms with Gasteiger partial charge >= 0.3 is 11.8 Å². The fraction of sp³-hybridized carbons (Fsp3) is 0.211. The first kappa shape index (κ1) is 18.0. The summed E-state index contributed by atoms with van der Waals surface area (Å²) >= 11 is 1.62. The van der Waals surface area contributed by atoms with Gasteiger partial charge in [-0.3, -0.25) is 9.59 Å². The molecule has 26 heavy (non-hydrogen) atoms. The Bertz CT molecular complexity index is 886. The predicted molar refractivity (Wildman–Crippen MR) is 105 cm³/mol. The van der Waals surface area contributed by atoms with E-state index in [2.05, 4.69) is 15.6 Å². The van der Waals surface area contributed by atoms with Crippen LogP contribution in [0.1, 0.15) is 0 Å². The van der Waals surface area contributed by atoms with Gasteiger partial charge in [-0.15, -0.1) is 11.3 Å². The van der Waals surface area contributed by atoms with Crippen LogP contribution >= 0.6 is 11.3 Å². The van der Waals surface area contributed by atoms with Gasteiger partial charge in [0.25, 0.3) is 0 Å². The van der Waals surface area contributed by atoms with Crippen LogP contribution in [0.5, 0.6) is 0 Å². The molecule has 0 aliphatic carbocycles. The van der Waals surface area contributed by atoms with Gasteiger partial charge in [-0.05, 0) is 50.5 Å². The second-order valence-corrected chi connectivity index (χ2v) is 7.11. The van der Waals surface area contributed by atoms with Gasteiger partial charge in [0.1, 0.15) is 5.01 Å². The summed E-state index contributed by atoms with van der Waals surface area (Å²) in [6.07, 6.45) is 0. The molecule has 1 aromatic heterocycles. The van der Waals surface area contributed by atoms with E-state index in [1.807, 2.05) is 55.4 Å². The van der Waals surface area contributed by atoms with E-state index in [1.54, 1.807) is 23.5 Å². The van der Waals surface area contributed by atoms with Crippen molar-refractivity contribution in [2.24, 2.45) is 0 Å². The molecule has 2 amide bonds. The summed E-state index contributed by atoms with van der Waals surface area (Å²) in [6, 6.07) is 15.3. The van der Waals surface area contributed by atoms with Crippen molar-refractivity contribution >= 4 is 39.1 Å². The molecule has 0 spiro atoms. The number of aromatic nitrogens is 1. The molecule has 134 valence electrons. The van der Waals surface area contributed by atoms with Crippen molar-refractivity contribution in [1.29, 1.82) is 0 Å². The minimum Gasteiger partial charge on any atom is -0.347 e. The van der Waals surface area contributed by atoms with Crippen molar-refractivity contribution < 1.29 is 9.59 Å². The molecular formula is C19H20N4O2S. The average Bonchev–Trinajstić information content (AvgIpc) is 3.06. The van der Waals surface area contributed by atoms with Crippen LogP contribution in [0, 0.1) is 0 Å². The lowest BCUT2D eigenvalue weighted by Crippen LogP contribution is -2.38. The van der Waals surface area contributed by atoms with Crippen molar-refractivity contribution in [3.63, 3.8) is 0 Å². The molecule has 3 rings (SSSR count). The molecule has 0 saturated heterocycles. The Morgan fingerprint density at radius 3 is 2.46 bits per heavy atom. The lowest BCUT2D eigenvalue weighted by molar-refractivity contribution is -0.136. The van der Waals surface area contributed by atoms with E-state index >= 15 is 0 Å². The van der Waals surface area contributed by atoms with Gasteiger partial charge in [-0.25, -0.2) is 4.98 Å². The van der Waals surface area contributed by atoms with Crippen LogP contribution in [-0.4, -0.2) is 48.9 Å². The molecule has 2 N–H and O–H groups in total. The molecule has 0 atom stereocenters. The van der Waals surface area contributed by atoms with Gasteiger partial charge < -0.3 is 15.5 Å². The van der Waals surface area contributed by atoms with Crippen LogP contribution in [0.2, 0.25) is 0 Å². The third kappa shape index (κ3) is 4.44. The fourth-order valence-electron chi connectivity index (χ4n) is 2.35. The van der Waals surface area contributed by atoms with Gasteiger partial charge in [-0.2, -0.15) is 0 Å². The lowest BCUT2D eigenvalue weighted by Gasteiger charge is -2.10. The van der Waals surface area contributed by atoms with Gasteiger partial charge in [0.15, 0.2) is 0 Å². The Morgan fingerprint density at radius 1 is 1.04 bits per heavy atom. The third-order valence-electron chi connectivity index (χ3n) is 3.73. The van der Waals surface area contributed by atoms with E-state index < -0.39 is 11.8 Å². The monoisotopic (exact) mass is 368 g/mol. The van der Waals surface area contributed by atoms with Crippen molar-refractivity contribution in [3.05, 3.63) is 48.5 Å². The molecule has 0 aliphatic heterocycles. The summed E-state index contributed by atoms with van der Waals surface area (Å²) in [4.78, 5) is 30.2. The van der Waals surface area contributed by atoms with E-state index in [4.69, 9.17) is 0 Å². The first-order valence-corrected chi connectivity index (χ1v) is 9.04. The van der Waals surface area contributed by atoms with Gasteiger partial charge in [0.2, 0.25) is 0 Å².